The zero-order valence-electron chi connectivity index (χ0n) is 13.9. The quantitative estimate of drug-likeness (QED) is 0.602. The maximum absolute atomic E-state index is 10.7. The van der Waals surface area contributed by atoms with Crippen molar-refractivity contribution in [2.24, 2.45) is 0 Å². The molecule has 0 bridgehead atoms. The molecule has 10 heteroatoms. The highest BCUT2D eigenvalue weighted by Crippen LogP contribution is 2.45. The molecule has 1 aromatic heterocycles. The number of benzene rings is 2. The lowest BCUT2D eigenvalue weighted by Crippen LogP contribution is -2.18. The van der Waals surface area contributed by atoms with Gasteiger partial charge in [0, 0.05) is 11.1 Å². The van der Waals surface area contributed by atoms with E-state index < -0.39 is 7.82 Å². The first-order chi connectivity index (χ1) is 12.9. The molecule has 4 rings (SSSR count). The van der Waals surface area contributed by atoms with Crippen molar-refractivity contribution in [3.8, 4) is 45.4 Å². The van der Waals surface area contributed by atoms with E-state index in [2.05, 4.69) is 9.68 Å². The lowest BCUT2D eigenvalue weighted by atomic mass is 10.0. The van der Waals surface area contributed by atoms with Crippen LogP contribution in [0.4, 0.5) is 0 Å². The van der Waals surface area contributed by atoms with Crippen molar-refractivity contribution in [3.63, 3.8) is 0 Å². The Hall–Kier alpha value is -3.00. The van der Waals surface area contributed by atoms with Crippen molar-refractivity contribution >= 4 is 7.82 Å². The Balaban J connectivity index is 1.71. The van der Waals surface area contributed by atoms with Gasteiger partial charge in [-0.3, -0.25) is 0 Å². The van der Waals surface area contributed by atoms with Crippen molar-refractivity contribution < 1.29 is 37.6 Å². The minimum atomic E-state index is -5.11. The van der Waals surface area contributed by atoms with E-state index in [-0.39, 0.29) is 12.5 Å². The predicted octanol–water partition coefficient (Wildman–Crippen LogP) is 1.95. The molecule has 1 aliphatic heterocycles. The van der Waals surface area contributed by atoms with Gasteiger partial charge in [-0.2, -0.15) is 0 Å². The summed E-state index contributed by atoms with van der Waals surface area (Å²) in [6, 6.07) is 9.42. The van der Waals surface area contributed by atoms with Crippen LogP contribution in [0.15, 0.2) is 47.2 Å². The van der Waals surface area contributed by atoms with Crippen LogP contribution in [-0.4, -0.2) is 19.1 Å². The number of nitrogens with zero attached hydrogens (tertiary/aromatic N) is 1. The summed E-state index contributed by atoms with van der Waals surface area (Å²) in [6.45, 7) is 0.103. The van der Waals surface area contributed by atoms with E-state index in [0.29, 0.717) is 39.6 Å². The Labute approximate surface area is 153 Å². The molecule has 0 fully saturated rings. The number of hydrogen-bond donors (Lipinski definition) is 0. The van der Waals surface area contributed by atoms with Crippen LogP contribution in [-0.2, 0) is 4.57 Å². The molecular weight excluding hydrogens is 377 g/mol. The highest BCUT2D eigenvalue weighted by atomic mass is 31.2. The second-order valence-corrected chi connectivity index (χ2v) is 6.63. The largest absolute Gasteiger partial charge is 0.780 e. The minimum Gasteiger partial charge on any atom is -0.780 e. The molecule has 0 radical (unpaired) electrons. The Morgan fingerprint density at radius 3 is 2.59 bits per heavy atom. The van der Waals surface area contributed by atoms with E-state index in [1.54, 1.807) is 24.3 Å². The first-order valence-electron chi connectivity index (χ1n) is 7.69. The summed E-state index contributed by atoms with van der Waals surface area (Å²) < 4.78 is 36.3. The third-order valence-corrected chi connectivity index (χ3v) is 4.32. The molecule has 27 heavy (non-hydrogen) atoms. The van der Waals surface area contributed by atoms with Crippen molar-refractivity contribution in [2.75, 3.05) is 13.9 Å². The first-order valence-corrected chi connectivity index (χ1v) is 9.15. The molecule has 0 unspecified atom stereocenters. The Kier molecular flexibility index (Phi) is 4.27. The molecule has 0 N–H and O–H groups in total. The van der Waals surface area contributed by atoms with Crippen molar-refractivity contribution in [1.29, 1.82) is 0 Å². The topological polar surface area (TPSA) is 126 Å². The lowest BCUT2D eigenvalue weighted by Gasteiger charge is -2.28. The van der Waals surface area contributed by atoms with Gasteiger partial charge in [0.1, 0.15) is 25.5 Å². The van der Waals surface area contributed by atoms with Crippen LogP contribution < -0.4 is 28.5 Å². The van der Waals surface area contributed by atoms with E-state index in [1.807, 2.05) is 0 Å². The zero-order valence-corrected chi connectivity index (χ0v) is 14.8. The van der Waals surface area contributed by atoms with Gasteiger partial charge in [-0.15, -0.1) is 0 Å². The number of aromatic nitrogens is 1. The maximum Gasteiger partial charge on any atom is 0.231 e. The van der Waals surface area contributed by atoms with Crippen molar-refractivity contribution in [1.82, 2.24) is 5.16 Å². The number of phosphoric acid groups is 1. The average Bonchev–Trinajstić information content (AvgIpc) is 3.29. The van der Waals surface area contributed by atoms with E-state index in [1.165, 1.54) is 25.5 Å². The zero-order chi connectivity index (χ0) is 19.0. The monoisotopic (exact) mass is 389 g/mol. The van der Waals surface area contributed by atoms with E-state index in [4.69, 9.17) is 18.7 Å². The SMILES string of the molecule is COc1cc(-c2nocc2-c2ccc(OP(=O)([O-])[O-])cc2)cc2c1OCO2. The molecule has 0 amide bonds. The smallest absolute Gasteiger partial charge is 0.231 e. The van der Waals surface area contributed by atoms with E-state index in [9.17, 15) is 14.4 Å². The molecule has 2 heterocycles. The number of phosphoric ester groups is 1. The summed E-state index contributed by atoms with van der Waals surface area (Å²) >= 11 is 0. The standard InChI is InChI=1S/C17H14NO8P/c1-22-14-6-11(7-15-17(14)24-9-23-15)16-13(8-25-18-16)10-2-4-12(5-3-10)26-27(19,20)21/h2-8H,9H2,1H3,(H2,19,20,21)/p-2. The highest BCUT2D eigenvalue weighted by Gasteiger charge is 2.23. The number of fused-ring (bicyclic) bond motifs is 1. The Bertz CT molecular complexity index is 1020. The van der Waals surface area contributed by atoms with Crippen molar-refractivity contribution in [3.05, 3.63) is 42.7 Å². The van der Waals surface area contributed by atoms with Crippen LogP contribution in [0.3, 0.4) is 0 Å². The average molecular weight is 389 g/mol. The van der Waals surface area contributed by atoms with Crippen LogP contribution in [0, 0.1) is 0 Å². The van der Waals surface area contributed by atoms with Gasteiger partial charge >= 0.3 is 0 Å². The Morgan fingerprint density at radius 2 is 1.89 bits per heavy atom. The molecule has 0 atom stereocenters. The number of hydrogen-bond acceptors (Lipinski definition) is 9. The fraction of sp³-hybridized carbons (Fsp3) is 0.118. The summed E-state index contributed by atoms with van der Waals surface area (Å²) in [7, 11) is -3.59. The van der Waals surface area contributed by atoms with Gasteiger partial charge < -0.3 is 37.6 Å². The fourth-order valence-electron chi connectivity index (χ4n) is 2.74. The van der Waals surface area contributed by atoms with Crippen LogP contribution in [0.2, 0.25) is 0 Å². The molecule has 0 spiro atoms. The number of ether oxygens (including phenoxy) is 3. The molecule has 2 aromatic carbocycles. The maximum atomic E-state index is 10.7. The van der Waals surface area contributed by atoms with Gasteiger partial charge in [0.15, 0.2) is 11.5 Å². The molecule has 0 saturated heterocycles. The normalized spacial score (nSPS) is 12.9. The van der Waals surface area contributed by atoms with Crippen LogP contribution in [0.5, 0.6) is 23.0 Å². The summed E-state index contributed by atoms with van der Waals surface area (Å²) in [5.74, 6) is 1.48. The van der Waals surface area contributed by atoms with E-state index >= 15 is 0 Å². The number of methoxy groups -OCH3 is 1. The second kappa shape index (κ2) is 6.62. The number of rotatable bonds is 5. The molecule has 9 nitrogen and oxygen atoms in total. The summed E-state index contributed by atoms with van der Waals surface area (Å²) in [5, 5.41) is 4.04. The first kappa shape index (κ1) is 17.4. The molecule has 1 aliphatic rings. The van der Waals surface area contributed by atoms with Gasteiger partial charge in [-0.25, -0.2) is 0 Å². The van der Waals surface area contributed by atoms with Crippen LogP contribution in [0.1, 0.15) is 0 Å². The third-order valence-electron chi connectivity index (χ3n) is 3.88. The molecule has 0 aliphatic carbocycles. The molecular formula is C17H12NO8P-2. The van der Waals surface area contributed by atoms with Crippen LogP contribution in [0.25, 0.3) is 22.4 Å². The van der Waals surface area contributed by atoms with Crippen LogP contribution >= 0.6 is 7.82 Å². The third kappa shape index (κ3) is 3.48. The van der Waals surface area contributed by atoms with Gasteiger partial charge in [-0.1, -0.05) is 17.3 Å². The summed E-state index contributed by atoms with van der Waals surface area (Å²) in [6.07, 6.45) is 1.45. The fourth-order valence-corrected chi connectivity index (χ4v) is 3.12. The van der Waals surface area contributed by atoms with Gasteiger partial charge in [-0.05, 0) is 29.8 Å². The van der Waals surface area contributed by atoms with Gasteiger partial charge in [0.25, 0.3) is 0 Å². The predicted molar refractivity (Wildman–Crippen MR) is 88.3 cm³/mol. The molecule has 140 valence electrons. The van der Waals surface area contributed by atoms with Gasteiger partial charge in [0.05, 0.1) is 7.11 Å². The molecule has 0 saturated carbocycles. The van der Waals surface area contributed by atoms with E-state index in [0.717, 1.165) is 0 Å². The highest BCUT2D eigenvalue weighted by molar-refractivity contribution is 7.43. The lowest BCUT2D eigenvalue weighted by molar-refractivity contribution is -0.333. The summed E-state index contributed by atoms with van der Waals surface area (Å²) in [5.41, 5.74) is 2.54. The minimum absolute atomic E-state index is 0.0742. The van der Waals surface area contributed by atoms with Gasteiger partial charge in [0.2, 0.25) is 12.5 Å². The second-order valence-electron chi connectivity index (χ2n) is 5.55. The summed E-state index contributed by atoms with van der Waals surface area (Å²) in [4.78, 5) is 21.4. The van der Waals surface area contributed by atoms with Crippen molar-refractivity contribution in [2.45, 2.75) is 0 Å². The Morgan fingerprint density at radius 1 is 1.11 bits per heavy atom. The molecule has 3 aromatic rings.